The summed E-state index contributed by atoms with van der Waals surface area (Å²) in [6, 6.07) is 7.00. The van der Waals surface area contributed by atoms with Crippen LogP contribution in [0.3, 0.4) is 0 Å². The SMILES string of the molecule is Cc1c(CNC(=O)c2cccc(C#CCO)c2)cnn1C. The van der Waals surface area contributed by atoms with E-state index in [2.05, 4.69) is 22.3 Å². The lowest BCUT2D eigenvalue weighted by atomic mass is 10.1. The number of hydrogen-bond donors (Lipinski definition) is 2. The Morgan fingerprint density at radius 1 is 1.48 bits per heavy atom. The van der Waals surface area contributed by atoms with Gasteiger partial charge in [-0.15, -0.1) is 0 Å². The van der Waals surface area contributed by atoms with Crippen LogP contribution in [0.25, 0.3) is 0 Å². The lowest BCUT2D eigenvalue weighted by molar-refractivity contribution is 0.0951. The van der Waals surface area contributed by atoms with Gasteiger partial charge in [0, 0.05) is 36.0 Å². The van der Waals surface area contributed by atoms with Crippen LogP contribution in [0, 0.1) is 18.8 Å². The molecule has 21 heavy (non-hydrogen) atoms. The summed E-state index contributed by atoms with van der Waals surface area (Å²) < 4.78 is 1.77. The fourth-order valence-electron chi connectivity index (χ4n) is 1.88. The van der Waals surface area contributed by atoms with Gasteiger partial charge in [-0.3, -0.25) is 9.48 Å². The summed E-state index contributed by atoms with van der Waals surface area (Å²) in [7, 11) is 1.87. The Balaban J connectivity index is 2.05. The maximum absolute atomic E-state index is 12.1. The van der Waals surface area contributed by atoms with E-state index in [1.54, 1.807) is 35.1 Å². The first-order valence-electron chi connectivity index (χ1n) is 6.57. The molecule has 0 saturated heterocycles. The number of carbonyl (C=O) groups is 1. The number of benzene rings is 1. The topological polar surface area (TPSA) is 67.2 Å². The zero-order valence-corrected chi connectivity index (χ0v) is 12.1. The molecule has 1 amide bonds. The smallest absolute Gasteiger partial charge is 0.251 e. The third-order valence-corrected chi connectivity index (χ3v) is 3.21. The van der Waals surface area contributed by atoms with Crippen molar-refractivity contribution in [2.24, 2.45) is 7.05 Å². The summed E-state index contributed by atoms with van der Waals surface area (Å²) >= 11 is 0. The van der Waals surface area contributed by atoms with Crippen molar-refractivity contribution in [1.82, 2.24) is 15.1 Å². The number of aromatic nitrogens is 2. The van der Waals surface area contributed by atoms with Gasteiger partial charge in [0.05, 0.1) is 6.20 Å². The number of aliphatic hydroxyl groups excluding tert-OH is 1. The molecule has 0 aliphatic carbocycles. The van der Waals surface area contributed by atoms with Crippen molar-refractivity contribution in [3.63, 3.8) is 0 Å². The first kappa shape index (κ1) is 14.8. The van der Waals surface area contributed by atoms with Crippen LogP contribution < -0.4 is 5.32 Å². The highest BCUT2D eigenvalue weighted by molar-refractivity contribution is 5.94. The van der Waals surface area contributed by atoms with Gasteiger partial charge in [-0.1, -0.05) is 17.9 Å². The first-order valence-corrected chi connectivity index (χ1v) is 6.57. The predicted octanol–water partition coefficient (Wildman–Crippen LogP) is 1.00. The molecule has 5 heteroatoms. The molecule has 0 aliphatic heterocycles. The number of rotatable bonds is 3. The van der Waals surface area contributed by atoms with Crippen LogP contribution >= 0.6 is 0 Å². The zero-order chi connectivity index (χ0) is 15.2. The van der Waals surface area contributed by atoms with Gasteiger partial charge >= 0.3 is 0 Å². The molecule has 2 rings (SSSR count). The average Bonchev–Trinajstić information content (AvgIpc) is 2.82. The fraction of sp³-hybridized carbons (Fsp3) is 0.250. The molecule has 2 N–H and O–H groups in total. The van der Waals surface area contributed by atoms with E-state index in [9.17, 15) is 4.79 Å². The molecule has 108 valence electrons. The molecular formula is C16H17N3O2. The van der Waals surface area contributed by atoms with Crippen LogP contribution in [-0.4, -0.2) is 27.4 Å². The second-order valence-corrected chi connectivity index (χ2v) is 4.60. The Morgan fingerprint density at radius 2 is 2.29 bits per heavy atom. The molecule has 2 aromatic rings. The molecule has 1 aromatic heterocycles. The molecule has 1 aromatic carbocycles. The molecule has 1 heterocycles. The van der Waals surface area contributed by atoms with Crippen LogP contribution in [0.5, 0.6) is 0 Å². The number of carbonyl (C=O) groups excluding carboxylic acids is 1. The largest absolute Gasteiger partial charge is 0.384 e. The average molecular weight is 283 g/mol. The van der Waals surface area contributed by atoms with Gasteiger partial charge in [0.2, 0.25) is 0 Å². The van der Waals surface area contributed by atoms with E-state index in [4.69, 9.17) is 5.11 Å². The van der Waals surface area contributed by atoms with E-state index in [1.807, 2.05) is 14.0 Å². The minimum atomic E-state index is -0.198. The number of aryl methyl sites for hydroxylation is 1. The van der Waals surface area contributed by atoms with Gasteiger partial charge in [0.25, 0.3) is 5.91 Å². The van der Waals surface area contributed by atoms with Gasteiger partial charge in [-0.25, -0.2) is 0 Å². The molecular weight excluding hydrogens is 266 g/mol. The molecule has 0 aliphatic rings. The van der Waals surface area contributed by atoms with E-state index in [0.29, 0.717) is 17.7 Å². The highest BCUT2D eigenvalue weighted by Crippen LogP contribution is 2.07. The van der Waals surface area contributed by atoms with Gasteiger partial charge in [0.15, 0.2) is 0 Å². The Hall–Kier alpha value is -2.58. The number of aliphatic hydroxyl groups is 1. The van der Waals surface area contributed by atoms with Gasteiger partial charge in [0.1, 0.15) is 6.61 Å². The van der Waals surface area contributed by atoms with E-state index in [1.165, 1.54) is 0 Å². The summed E-state index contributed by atoms with van der Waals surface area (Å²) in [6.45, 7) is 2.20. The summed E-state index contributed by atoms with van der Waals surface area (Å²) in [5.74, 6) is 5.18. The van der Waals surface area contributed by atoms with Crippen molar-refractivity contribution < 1.29 is 9.90 Å². The second-order valence-electron chi connectivity index (χ2n) is 4.60. The maximum Gasteiger partial charge on any atom is 0.251 e. The molecule has 0 fully saturated rings. The molecule has 5 nitrogen and oxygen atoms in total. The second kappa shape index (κ2) is 6.73. The highest BCUT2D eigenvalue weighted by atomic mass is 16.2. The Morgan fingerprint density at radius 3 is 2.95 bits per heavy atom. The lowest BCUT2D eigenvalue weighted by Gasteiger charge is -2.05. The minimum absolute atomic E-state index is 0.161. The van der Waals surface area contributed by atoms with Crippen molar-refractivity contribution in [1.29, 1.82) is 0 Å². The predicted molar refractivity (Wildman–Crippen MR) is 79.5 cm³/mol. The van der Waals surface area contributed by atoms with E-state index in [-0.39, 0.29) is 12.5 Å². The quantitative estimate of drug-likeness (QED) is 0.826. The van der Waals surface area contributed by atoms with Crippen LogP contribution in [0.2, 0.25) is 0 Å². The van der Waals surface area contributed by atoms with E-state index in [0.717, 1.165) is 11.3 Å². The van der Waals surface area contributed by atoms with Crippen LogP contribution in [0.1, 0.15) is 27.2 Å². The van der Waals surface area contributed by atoms with Crippen LogP contribution in [0.15, 0.2) is 30.5 Å². The molecule has 0 unspecified atom stereocenters. The third kappa shape index (κ3) is 3.71. The van der Waals surface area contributed by atoms with Crippen LogP contribution in [-0.2, 0) is 13.6 Å². The Labute approximate surface area is 123 Å². The molecule has 0 bridgehead atoms. The fourth-order valence-corrected chi connectivity index (χ4v) is 1.88. The Kier molecular flexibility index (Phi) is 4.75. The lowest BCUT2D eigenvalue weighted by Crippen LogP contribution is -2.23. The summed E-state index contributed by atoms with van der Waals surface area (Å²) in [4.78, 5) is 12.1. The van der Waals surface area contributed by atoms with E-state index >= 15 is 0 Å². The summed E-state index contributed by atoms with van der Waals surface area (Å²) in [6.07, 6.45) is 1.75. The maximum atomic E-state index is 12.1. The number of amides is 1. The molecule has 0 radical (unpaired) electrons. The normalized spacial score (nSPS) is 9.86. The number of hydrogen-bond acceptors (Lipinski definition) is 3. The monoisotopic (exact) mass is 283 g/mol. The van der Waals surface area contributed by atoms with E-state index < -0.39 is 0 Å². The minimum Gasteiger partial charge on any atom is -0.384 e. The Bertz CT molecular complexity index is 708. The number of nitrogens with zero attached hydrogens (tertiary/aromatic N) is 2. The standard InChI is InChI=1S/C16H17N3O2/c1-12-15(11-18-19(12)2)10-17-16(21)14-7-3-5-13(9-14)6-4-8-20/h3,5,7,9,11,20H,8,10H2,1-2H3,(H,17,21). The first-order chi connectivity index (χ1) is 10.1. The highest BCUT2D eigenvalue weighted by Gasteiger charge is 2.08. The molecule has 0 saturated carbocycles. The molecule has 0 atom stereocenters. The van der Waals surface area contributed by atoms with Crippen molar-refractivity contribution in [3.8, 4) is 11.8 Å². The number of nitrogens with one attached hydrogen (secondary N) is 1. The van der Waals surface area contributed by atoms with Gasteiger partial charge in [-0.05, 0) is 25.1 Å². The third-order valence-electron chi connectivity index (χ3n) is 3.21. The van der Waals surface area contributed by atoms with Gasteiger partial charge in [-0.2, -0.15) is 5.10 Å². The summed E-state index contributed by atoms with van der Waals surface area (Å²) in [5.41, 5.74) is 3.26. The zero-order valence-electron chi connectivity index (χ0n) is 12.1. The van der Waals surface area contributed by atoms with Crippen molar-refractivity contribution >= 4 is 5.91 Å². The van der Waals surface area contributed by atoms with Gasteiger partial charge < -0.3 is 10.4 Å². The molecule has 0 spiro atoms. The van der Waals surface area contributed by atoms with Crippen molar-refractivity contribution in [3.05, 3.63) is 52.8 Å². The van der Waals surface area contributed by atoms with Crippen molar-refractivity contribution in [2.75, 3.05) is 6.61 Å². The summed E-state index contributed by atoms with van der Waals surface area (Å²) in [5, 5.41) is 15.7. The van der Waals surface area contributed by atoms with Crippen molar-refractivity contribution in [2.45, 2.75) is 13.5 Å². The van der Waals surface area contributed by atoms with Crippen LogP contribution in [0.4, 0.5) is 0 Å².